The van der Waals surface area contributed by atoms with Crippen molar-refractivity contribution in [1.82, 2.24) is 5.32 Å². The summed E-state index contributed by atoms with van der Waals surface area (Å²) in [6.45, 7) is 9.71. The zero-order valence-corrected chi connectivity index (χ0v) is 11.5. The van der Waals surface area contributed by atoms with Crippen molar-refractivity contribution in [3.8, 4) is 0 Å². The smallest absolute Gasteiger partial charge is 0.220 e. The molecule has 0 radical (unpaired) electrons. The van der Waals surface area contributed by atoms with Crippen LogP contribution in [0.1, 0.15) is 34.1 Å². The van der Waals surface area contributed by atoms with Crippen LogP contribution in [0.15, 0.2) is 0 Å². The number of carbonyl (C=O) groups excluding carboxylic acids is 1. The molecule has 0 aliphatic heterocycles. The van der Waals surface area contributed by atoms with Gasteiger partial charge in [0.2, 0.25) is 5.91 Å². The lowest BCUT2D eigenvalue weighted by molar-refractivity contribution is -0.121. The maximum atomic E-state index is 11.4. The average Bonchev–Trinajstić information content (AvgIpc) is 2.13. The van der Waals surface area contributed by atoms with Gasteiger partial charge in [0, 0.05) is 18.7 Å². The molecule has 1 amide bonds. The normalized spacial score (nSPS) is 11.5. The Morgan fingerprint density at radius 2 is 1.73 bits per heavy atom. The van der Waals surface area contributed by atoms with Gasteiger partial charge in [0.25, 0.3) is 0 Å². The molecular weight excluding hydrogens is 206 g/mol. The van der Waals surface area contributed by atoms with Gasteiger partial charge in [0.15, 0.2) is 0 Å². The molecule has 0 saturated heterocycles. The molecule has 0 aromatic rings. The first-order valence-corrected chi connectivity index (χ1v) is 7.14. The minimum absolute atomic E-state index is 0.190. The Hall–Kier alpha value is -0.180. The molecule has 0 unspecified atom stereocenters. The molecule has 0 aromatic carbocycles. The third-order valence-corrected chi connectivity index (χ3v) is 3.39. The van der Waals surface area contributed by atoms with Crippen LogP contribution in [-0.4, -0.2) is 24.5 Å². The van der Waals surface area contributed by atoms with E-state index in [0.717, 1.165) is 12.3 Å². The number of hydrogen-bond donors (Lipinski definition) is 1. The maximum absolute atomic E-state index is 11.4. The Morgan fingerprint density at radius 1 is 1.20 bits per heavy atom. The molecule has 2 nitrogen and oxygen atoms in total. The van der Waals surface area contributed by atoms with Gasteiger partial charge in [-0.15, -0.1) is 0 Å². The number of hydrogen-bond acceptors (Lipinski definition) is 2. The Morgan fingerprint density at radius 3 is 2.13 bits per heavy atom. The van der Waals surface area contributed by atoms with E-state index < -0.39 is 0 Å². The van der Waals surface area contributed by atoms with Crippen molar-refractivity contribution < 1.29 is 4.79 Å². The first-order valence-electron chi connectivity index (χ1n) is 5.74. The van der Waals surface area contributed by atoms with E-state index in [0.29, 0.717) is 24.2 Å². The molecule has 1 N–H and O–H groups in total. The summed E-state index contributed by atoms with van der Waals surface area (Å²) in [5.74, 6) is 2.95. The van der Waals surface area contributed by atoms with Crippen LogP contribution in [-0.2, 0) is 4.79 Å². The van der Waals surface area contributed by atoms with E-state index in [4.69, 9.17) is 0 Å². The van der Waals surface area contributed by atoms with Crippen LogP contribution in [0.25, 0.3) is 0 Å². The highest BCUT2D eigenvalue weighted by Gasteiger charge is 2.17. The molecule has 0 heterocycles. The fourth-order valence-electron chi connectivity index (χ4n) is 1.76. The average molecular weight is 231 g/mol. The highest BCUT2D eigenvalue weighted by atomic mass is 32.2. The lowest BCUT2D eigenvalue weighted by Gasteiger charge is -2.25. The molecule has 0 aromatic heterocycles. The van der Waals surface area contributed by atoms with Crippen LogP contribution < -0.4 is 5.32 Å². The number of amides is 1. The highest BCUT2D eigenvalue weighted by molar-refractivity contribution is 7.98. The second-order valence-corrected chi connectivity index (χ2v) is 5.68. The van der Waals surface area contributed by atoms with Gasteiger partial charge in [0.1, 0.15) is 0 Å². The fraction of sp³-hybridized carbons (Fsp3) is 0.917. The summed E-state index contributed by atoms with van der Waals surface area (Å²) in [6, 6.07) is 0. The number of thioether (sulfide) groups is 1. The molecule has 0 aliphatic rings. The van der Waals surface area contributed by atoms with Gasteiger partial charge in [0.05, 0.1) is 0 Å². The molecule has 0 aliphatic carbocycles. The van der Waals surface area contributed by atoms with E-state index in [9.17, 15) is 4.79 Å². The standard InChI is InChI=1S/C12H25NOS/c1-9(2)11(10(3)4)8-13-12(14)6-7-15-5/h9-11H,6-8H2,1-5H3,(H,13,14). The first-order chi connectivity index (χ1) is 6.99. The second kappa shape index (κ2) is 8.03. The summed E-state index contributed by atoms with van der Waals surface area (Å²) < 4.78 is 0. The van der Waals surface area contributed by atoms with E-state index in [-0.39, 0.29) is 5.91 Å². The summed E-state index contributed by atoms with van der Waals surface area (Å²) in [6.07, 6.45) is 2.67. The Bertz CT molecular complexity index is 172. The lowest BCUT2D eigenvalue weighted by Crippen LogP contribution is -2.34. The van der Waals surface area contributed by atoms with Crippen LogP contribution in [0.4, 0.5) is 0 Å². The van der Waals surface area contributed by atoms with Gasteiger partial charge in [-0.2, -0.15) is 11.8 Å². The summed E-state index contributed by atoms with van der Waals surface area (Å²) in [7, 11) is 0. The molecule has 90 valence electrons. The number of nitrogens with one attached hydrogen (secondary N) is 1. The van der Waals surface area contributed by atoms with E-state index in [1.54, 1.807) is 11.8 Å². The maximum Gasteiger partial charge on any atom is 0.220 e. The second-order valence-electron chi connectivity index (χ2n) is 4.70. The predicted molar refractivity (Wildman–Crippen MR) is 69.2 cm³/mol. The number of rotatable bonds is 7. The summed E-state index contributed by atoms with van der Waals surface area (Å²) >= 11 is 1.72. The monoisotopic (exact) mass is 231 g/mol. The number of carbonyl (C=O) groups is 1. The lowest BCUT2D eigenvalue weighted by atomic mass is 9.85. The van der Waals surface area contributed by atoms with E-state index in [2.05, 4.69) is 33.0 Å². The molecule has 0 bridgehead atoms. The van der Waals surface area contributed by atoms with Gasteiger partial charge in [-0.3, -0.25) is 4.79 Å². The van der Waals surface area contributed by atoms with Crippen molar-refractivity contribution in [1.29, 1.82) is 0 Å². The topological polar surface area (TPSA) is 29.1 Å². The SMILES string of the molecule is CSCCC(=O)NCC(C(C)C)C(C)C. The summed E-state index contributed by atoms with van der Waals surface area (Å²) in [5.41, 5.74) is 0. The minimum Gasteiger partial charge on any atom is -0.356 e. The molecule has 0 rings (SSSR count). The van der Waals surface area contributed by atoms with Crippen molar-refractivity contribution >= 4 is 17.7 Å². The van der Waals surface area contributed by atoms with E-state index >= 15 is 0 Å². The van der Waals surface area contributed by atoms with Crippen molar-refractivity contribution in [2.75, 3.05) is 18.6 Å². The largest absolute Gasteiger partial charge is 0.356 e. The third kappa shape index (κ3) is 6.82. The Balaban J connectivity index is 3.84. The predicted octanol–water partition coefficient (Wildman–Crippen LogP) is 2.78. The fourth-order valence-corrected chi connectivity index (χ4v) is 2.15. The Kier molecular flexibility index (Phi) is 7.93. The minimum atomic E-state index is 0.190. The highest BCUT2D eigenvalue weighted by Crippen LogP contribution is 2.19. The van der Waals surface area contributed by atoms with Gasteiger partial charge in [-0.1, -0.05) is 27.7 Å². The molecule has 0 atom stereocenters. The molecule has 3 heteroatoms. The van der Waals surface area contributed by atoms with Crippen molar-refractivity contribution in [3.63, 3.8) is 0 Å². The van der Waals surface area contributed by atoms with Crippen molar-refractivity contribution in [3.05, 3.63) is 0 Å². The third-order valence-electron chi connectivity index (χ3n) is 2.78. The molecule has 0 spiro atoms. The van der Waals surface area contributed by atoms with Crippen molar-refractivity contribution in [2.45, 2.75) is 34.1 Å². The Labute approximate surface area is 98.6 Å². The zero-order chi connectivity index (χ0) is 11.8. The van der Waals surface area contributed by atoms with Gasteiger partial charge in [-0.05, 0) is 24.0 Å². The van der Waals surface area contributed by atoms with E-state index in [1.165, 1.54) is 0 Å². The van der Waals surface area contributed by atoms with E-state index in [1.807, 2.05) is 6.26 Å². The molecule has 15 heavy (non-hydrogen) atoms. The van der Waals surface area contributed by atoms with Crippen LogP contribution >= 0.6 is 11.8 Å². The zero-order valence-electron chi connectivity index (χ0n) is 10.7. The molecule has 0 fully saturated rings. The van der Waals surface area contributed by atoms with Crippen LogP contribution in [0.2, 0.25) is 0 Å². The summed E-state index contributed by atoms with van der Waals surface area (Å²) in [5, 5.41) is 3.03. The van der Waals surface area contributed by atoms with Crippen LogP contribution in [0, 0.1) is 17.8 Å². The summed E-state index contributed by atoms with van der Waals surface area (Å²) in [4.78, 5) is 11.4. The van der Waals surface area contributed by atoms with Gasteiger partial charge >= 0.3 is 0 Å². The van der Waals surface area contributed by atoms with Gasteiger partial charge in [-0.25, -0.2) is 0 Å². The first kappa shape index (κ1) is 14.8. The molecular formula is C12H25NOS. The molecule has 0 saturated carbocycles. The quantitative estimate of drug-likeness (QED) is 0.730. The van der Waals surface area contributed by atoms with Crippen LogP contribution in [0.3, 0.4) is 0 Å². The van der Waals surface area contributed by atoms with Crippen molar-refractivity contribution in [2.24, 2.45) is 17.8 Å². The van der Waals surface area contributed by atoms with Crippen LogP contribution in [0.5, 0.6) is 0 Å². The van der Waals surface area contributed by atoms with Gasteiger partial charge < -0.3 is 5.32 Å².